The number of aryl methyl sites for hydroxylation is 1. The Morgan fingerprint density at radius 3 is 2.62 bits per heavy atom. The van der Waals surface area contributed by atoms with Crippen LogP contribution >= 0.6 is 0 Å². The van der Waals surface area contributed by atoms with E-state index in [9.17, 15) is 4.39 Å². The maximum atomic E-state index is 13.8. The number of ether oxygens (including phenoxy) is 1. The van der Waals surface area contributed by atoms with Crippen LogP contribution in [-0.2, 0) is 6.54 Å². The summed E-state index contributed by atoms with van der Waals surface area (Å²) in [6.07, 6.45) is 0. The van der Waals surface area contributed by atoms with Crippen LogP contribution in [-0.4, -0.2) is 53.2 Å². The lowest BCUT2D eigenvalue weighted by molar-refractivity contribution is 0.0844. The molecule has 2 aromatic rings. The van der Waals surface area contributed by atoms with Gasteiger partial charge in [-0.25, -0.2) is 4.39 Å². The molecule has 1 aliphatic heterocycles. The molecule has 2 heterocycles. The minimum atomic E-state index is -0.311. The van der Waals surface area contributed by atoms with Crippen LogP contribution in [0.3, 0.4) is 0 Å². The van der Waals surface area contributed by atoms with E-state index in [-0.39, 0.29) is 17.6 Å². The standard InChI is InChI=1S/C17H23FN4O2/c1-12(17-19-13(2)20-24-17)22-8-6-21(7-9-22)11-14-4-5-16(23-3)15(18)10-14/h4-5,10,12H,6-9,11H2,1-3H3/t12-/m1/s1. The first-order valence-electron chi connectivity index (χ1n) is 8.16. The van der Waals surface area contributed by atoms with Crippen molar-refractivity contribution >= 4 is 0 Å². The number of halogens is 1. The van der Waals surface area contributed by atoms with Crippen molar-refractivity contribution in [2.24, 2.45) is 0 Å². The van der Waals surface area contributed by atoms with Gasteiger partial charge in [-0.15, -0.1) is 0 Å². The number of nitrogens with zero attached hydrogens (tertiary/aromatic N) is 4. The van der Waals surface area contributed by atoms with Crippen molar-refractivity contribution in [2.45, 2.75) is 26.4 Å². The van der Waals surface area contributed by atoms with Crippen molar-refractivity contribution in [1.82, 2.24) is 19.9 Å². The molecule has 1 aromatic carbocycles. The van der Waals surface area contributed by atoms with Crippen LogP contribution < -0.4 is 4.74 Å². The Labute approximate surface area is 141 Å². The molecule has 130 valence electrons. The van der Waals surface area contributed by atoms with Gasteiger partial charge in [-0.2, -0.15) is 4.98 Å². The number of benzene rings is 1. The Morgan fingerprint density at radius 2 is 2.04 bits per heavy atom. The van der Waals surface area contributed by atoms with Gasteiger partial charge in [0.15, 0.2) is 17.4 Å². The van der Waals surface area contributed by atoms with Crippen LogP contribution in [0.1, 0.15) is 30.2 Å². The molecule has 0 saturated carbocycles. The van der Waals surface area contributed by atoms with Crippen LogP contribution in [0.15, 0.2) is 22.7 Å². The molecule has 1 saturated heterocycles. The third-order valence-corrected chi connectivity index (χ3v) is 4.48. The second kappa shape index (κ2) is 7.27. The zero-order chi connectivity index (χ0) is 17.1. The van der Waals surface area contributed by atoms with E-state index in [2.05, 4.69) is 26.9 Å². The number of methoxy groups -OCH3 is 1. The summed E-state index contributed by atoms with van der Waals surface area (Å²) in [5.41, 5.74) is 0.960. The zero-order valence-corrected chi connectivity index (χ0v) is 14.3. The summed E-state index contributed by atoms with van der Waals surface area (Å²) in [4.78, 5) is 8.97. The molecule has 6 nitrogen and oxygen atoms in total. The summed E-state index contributed by atoms with van der Waals surface area (Å²) in [6, 6.07) is 5.26. The third kappa shape index (κ3) is 3.73. The van der Waals surface area contributed by atoms with E-state index in [4.69, 9.17) is 9.26 Å². The monoisotopic (exact) mass is 334 g/mol. The Kier molecular flexibility index (Phi) is 5.11. The van der Waals surface area contributed by atoms with Crippen LogP contribution in [0, 0.1) is 12.7 Å². The first-order valence-corrected chi connectivity index (χ1v) is 8.16. The minimum absolute atomic E-state index is 0.117. The molecule has 0 unspecified atom stereocenters. The normalized spacial score (nSPS) is 17.8. The quantitative estimate of drug-likeness (QED) is 0.837. The SMILES string of the molecule is COc1ccc(CN2CCN([C@H](C)c3nc(C)no3)CC2)cc1F. The average molecular weight is 334 g/mol. The second-order valence-corrected chi connectivity index (χ2v) is 6.14. The van der Waals surface area contributed by atoms with Crippen LogP contribution in [0.4, 0.5) is 4.39 Å². The largest absolute Gasteiger partial charge is 0.494 e. The Morgan fingerprint density at radius 1 is 1.29 bits per heavy atom. The molecular formula is C17H23FN4O2. The van der Waals surface area contributed by atoms with Crippen LogP contribution in [0.5, 0.6) is 5.75 Å². The van der Waals surface area contributed by atoms with Crippen molar-refractivity contribution in [2.75, 3.05) is 33.3 Å². The number of hydrogen-bond acceptors (Lipinski definition) is 6. The molecule has 3 rings (SSSR count). The lowest BCUT2D eigenvalue weighted by Gasteiger charge is -2.36. The fourth-order valence-electron chi connectivity index (χ4n) is 3.01. The minimum Gasteiger partial charge on any atom is -0.494 e. The van der Waals surface area contributed by atoms with E-state index in [0.717, 1.165) is 38.3 Å². The Bertz CT molecular complexity index is 683. The van der Waals surface area contributed by atoms with Gasteiger partial charge in [0, 0.05) is 32.7 Å². The lowest BCUT2D eigenvalue weighted by atomic mass is 10.1. The van der Waals surface area contributed by atoms with E-state index in [0.29, 0.717) is 11.7 Å². The molecule has 0 bridgehead atoms. The molecule has 0 radical (unpaired) electrons. The summed E-state index contributed by atoms with van der Waals surface area (Å²) < 4.78 is 24.0. The molecule has 1 aliphatic rings. The van der Waals surface area contributed by atoms with Gasteiger partial charge in [-0.1, -0.05) is 11.2 Å². The maximum absolute atomic E-state index is 13.8. The fraction of sp³-hybridized carbons (Fsp3) is 0.529. The van der Waals surface area contributed by atoms with E-state index < -0.39 is 0 Å². The van der Waals surface area contributed by atoms with Crippen molar-refractivity contribution < 1.29 is 13.7 Å². The fourth-order valence-corrected chi connectivity index (χ4v) is 3.01. The molecule has 7 heteroatoms. The van der Waals surface area contributed by atoms with Crippen LogP contribution in [0.2, 0.25) is 0 Å². The van der Waals surface area contributed by atoms with Crippen LogP contribution in [0.25, 0.3) is 0 Å². The van der Waals surface area contributed by atoms with Gasteiger partial charge in [0.2, 0.25) is 5.89 Å². The van der Waals surface area contributed by atoms with Gasteiger partial charge in [-0.3, -0.25) is 9.80 Å². The zero-order valence-electron chi connectivity index (χ0n) is 14.3. The summed E-state index contributed by atoms with van der Waals surface area (Å²) in [7, 11) is 1.48. The lowest BCUT2D eigenvalue weighted by Crippen LogP contribution is -2.46. The van der Waals surface area contributed by atoms with Crippen molar-refractivity contribution in [1.29, 1.82) is 0 Å². The molecule has 1 atom stereocenters. The number of rotatable bonds is 5. The van der Waals surface area contributed by atoms with Gasteiger partial charge in [0.25, 0.3) is 0 Å². The predicted octanol–water partition coefficient (Wildman–Crippen LogP) is 2.40. The smallest absolute Gasteiger partial charge is 0.243 e. The molecular weight excluding hydrogens is 311 g/mol. The van der Waals surface area contributed by atoms with Gasteiger partial charge >= 0.3 is 0 Å². The molecule has 0 spiro atoms. The highest BCUT2D eigenvalue weighted by atomic mass is 19.1. The molecule has 0 amide bonds. The van der Waals surface area contributed by atoms with Crippen molar-refractivity contribution in [3.8, 4) is 5.75 Å². The molecule has 0 N–H and O–H groups in total. The Hall–Kier alpha value is -1.99. The highest BCUT2D eigenvalue weighted by Gasteiger charge is 2.25. The summed E-state index contributed by atoms with van der Waals surface area (Å²) in [6.45, 7) is 8.33. The molecule has 24 heavy (non-hydrogen) atoms. The highest BCUT2D eigenvalue weighted by molar-refractivity contribution is 5.29. The summed E-state index contributed by atoms with van der Waals surface area (Å²) in [5, 5.41) is 3.86. The summed E-state index contributed by atoms with van der Waals surface area (Å²) >= 11 is 0. The summed E-state index contributed by atoms with van der Waals surface area (Å²) in [5.74, 6) is 1.30. The van der Waals surface area contributed by atoms with Crippen molar-refractivity contribution in [3.05, 3.63) is 41.3 Å². The Balaban J connectivity index is 1.54. The molecule has 1 fully saturated rings. The van der Waals surface area contributed by atoms with E-state index >= 15 is 0 Å². The van der Waals surface area contributed by atoms with E-state index in [1.165, 1.54) is 7.11 Å². The van der Waals surface area contributed by atoms with Gasteiger partial charge in [-0.05, 0) is 31.5 Å². The second-order valence-electron chi connectivity index (χ2n) is 6.14. The van der Waals surface area contributed by atoms with Gasteiger partial charge < -0.3 is 9.26 Å². The highest BCUT2D eigenvalue weighted by Crippen LogP contribution is 2.22. The number of aromatic nitrogens is 2. The van der Waals surface area contributed by atoms with E-state index in [1.54, 1.807) is 12.1 Å². The number of piperazine rings is 1. The van der Waals surface area contributed by atoms with E-state index in [1.807, 2.05) is 13.0 Å². The van der Waals surface area contributed by atoms with Gasteiger partial charge in [0.05, 0.1) is 13.2 Å². The first-order chi connectivity index (χ1) is 11.6. The van der Waals surface area contributed by atoms with Gasteiger partial charge in [0.1, 0.15) is 0 Å². The molecule has 0 aliphatic carbocycles. The number of hydrogen-bond donors (Lipinski definition) is 0. The average Bonchev–Trinajstić information content (AvgIpc) is 3.02. The third-order valence-electron chi connectivity index (χ3n) is 4.48. The maximum Gasteiger partial charge on any atom is 0.243 e. The first kappa shape index (κ1) is 16.9. The predicted molar refractivity (Wildman–Crippen MR) is 87.3 cm³/mol. The molecule has 1 aromatic heterocycles. The topological polar surface area (TPSA) is 54.6 Å². The van der Waals surface area contributed by atoms with Crippen molar-refractivity contribution in [3.63, 3.8) is 0 Å².